The van der Waals surface area contributed by atoms with Gasteiger partial charge in [-0.15, -0.1) is 0 Å². The van der Waals surface area contributed by atoms with Gasteiger partial charge in [0.25, 0.3) is 10.1 Å². The minimum atomic E-state index is -4.02. The minimum absolute atomic E-state index is 0.0590. The molecular weight excluding hydrogens is 262 g/mol. The van der Waals surface area contributed by atoms with Gasteiger partial charge in [-0.25, -0.2) is 0 Å². The molecule has 19 heavy (non-hydrogen) atoms. The highest BCUT2D eigenvalue weighted by Gasteiger charge is 2.23. The average Bonchev–Trinajstić information content (AvgIpc) is 2.26. The topological polar surface area (TPSA) is 66.4 Å². The van der Waals surface area contributed by atoms with Crippen LogP contribution >= 0.6 is 0 Å². The summed E-state index contributed by atoms with van der Waals surface area (Å²) in [5.74, 6) is 0. The first-order valence-electron chi connectivity index (χ1n) is 6.44. The van der Waals surface area contributed by atoms with Crippen molar-refractivity contribution >= 4 is 10.1 Å². The summed E-state index contributed by atoms with van der Waals surface area (Å²) in [5.41, 5.74) is 0.858. The third-order valence-corrected chi connectivity index (χ3v) is 4.09. The van der Waals surface area contributed by atoms with Gasteiger partial charge in [-0.05, 0) is 45.7 Å². The molecule has 1 aromatic rings. The molecule has 0 spiro atoms. The van der Waals surface area contributed by atoms with Gasteiger partial charge in [0.15, 0.2) is 0 Å². The third kappa shape index (κ3) is 6.71. The van der Waals surface area contributed by atoms with Crippen LogP contribution in [0.5, 0.6) is 0 Å². The maximum atomic E-state index is 11.4. The summed E-state index contributed by atoms with van der Waals surface area (Å²) >= 11 is 0. The van der Waals surface area contributed by atoms with Crippen LogP contribution in [0.4, 0.5) is 0 Å². The van der Waals surface area contributed by atoms with Crippen LogP contribution in [0, 0.1) is 0 Å². The van der Waals surface area contributed by atoms with Gasteiger partial charge in [-0.2, -0.15) is 8.42 Å². The lowest BCUT2D eigenvalue weighted by molar-refractivity contribution is 0.408. The fourth-order valence-corrected chi connectivity index (χ4v) is 2.66. The van der Waals surface area contributed by atoms with Crippen LogP contribution in [0.25, 0.3) is 0 Å². The normalized spacial score (nSPS) is 14.3. The summed E-state index contributed by atoms with van der Waals surface area (Å²) in [6.07, 6.45) is 0.733. The van der Waals surface area contributed by atoms with Crippen LogP contribution in [0.15, 0.2) is 30.3 Å². The Morgan fingerprint density at radius 2 is 1.79 bits per heavy atom. The molecule has 0 radical (unpaired) electrons. The molecule has 0 saturated carbocycles. The molecule has 1 atom stereocenters. The zero-order chi connectivity index (χ0) is 14.5. The minimum Gasteiger partial charge on any atom is -0.312 e. The molecule has 4 nitrogen and oxygen atoms in total. The predicted molar refractivity (Wildman–Crippen MR) is 77.9 cm³/mol. The molecule has 0 saturated heterocycles. The van der Waals surface area contributed by atoms with E-state index in [-0.39, 0.29) is 5.54 Å². The Labute approximate surface area is 116 Å². The maximum absolute atomic E-state index is 11.4. The Morgan fingerprint density at radius 3 is 2.26 bits per heavy atom. The van der Waals surface area contributed by atoms with Crippen molar-refractivity contribution in [3.05, 3.63) is 35.9 Å². The van der Waals surface area contributed by atoms with E-state index in [1.165, 1.54) is 0 Å². The summed E-state index contributed by atoms with van der Waals surface area (Å²) in [7, 11) is -4.02. The molecule has 0 amide bonds. The number of benzene rings is 1. The van der Waals surface area contributed by atoms with Crippen LogP contribution < -0.4 is 5.32 Å². The number of hydrogen-bond acceptors (Lipinski definition) is 3. The lowest BCUT2D eigenvalue weighted by Gasteiger charge is -2.22. The number of nitrogens with one attached hydrogen (secondary N) is 1. The van der Waals surface area contributed by atoms with Gasteiger partial charge in [0.2, 0.25) is 0 Å². The Balaban J connectivity index is 2.64. The standard InChI is InChI=1S/C14H23NO3S/c1-14(2,3)15-10-9-13(19(16,17)18)11-12-7-5-4-6-8-12/h4-8,13,15H,9-11H2,1-3H3,(H,16,17,18). The van der Waals surface area contributed by atoms with Crippen molar-refractivity contribution in [3.8, 4) is 0 Å². The van der Waals surface area contributed by atoms with Gasteiger partial charge < -0.3 is 5.32 Å². The van der Waals surface area contributed by atoms with E-state index in [1.54, 1.807) is 0 Å². The first kappa shape index (κ1) is 16.1. The molecule has 0 aromatic heterocycles. The van der Waals surface area contributed by atoms with E-state index in [0.29, 0.717) is 19.4 Å². The van der Waals surface area contributed by atoms with Gasteiger partial charge in [-0.3, -0.25) is 4.55 Å². The lowest BCUT2D eigenvalue weighted by atomic mass is 10.1. The van der Waals surface area contributed by atoms with Crippen LogP contribution in [0.2, 0.25) is 0 Å². The zero-order valence-corrected chi connectivity index (χ0v) is 12.6. The largest absolute Gasteiger partial charge is 0.312 e. The van der Waals surface area contributed by atoms with Gasteiger partial charge in [0.1, 0.15) is 0 Å². The second-order valence-electron chi connectivity index (χ2n) is 5.79. The highest BCUT2D eigenvalue weighted by molar-refractivity contribution is 7.86. The Kier molecular flexibility index (Phi) is 5.52. The predicted octanol–water partition coefficient (Wildman–Crippen LogP) is 2.26. The summed E-state index contributed by atoms with van der Waals surface area (Å²) in [6, 6.07) is 9.35. The Morgan fingerprint density at radius 1 is 1.21 bits per heavy atom. The highest BCUT2D eigenvalue weighted by Crippen LogP contribution is 2.13. The molecule has 108 valence electrons. The van der Waals surface area contributed by atoms with Crippen LogP contribution in [-0.4, -0.2) is 30.3 Å². The molecule has 0 aliphatic heterocycles. The highest BCUT2D eigenvalue weighted by atomic mass is 32.2. The monoisotopic (exact) mass is 285 g/mol. The molecule has 1 unspecified atom stereocenters. The van der Waals surface area contributed by atoms with E-state index in [1.807, 2.05) is 51.1 Å². The van der Waals surface area contributed by atoms with Crippen molar-refractivity contribution in [2.45, 2.75) is 44.4 Å². The van der Waals surface area contributed by atoms with E-state index in [2.05, 4.69) is 5.32 Å². The molecule has 0 heterocycles. The fourth-order valence-electron chi connectivity index (χ4n) is 1.84. The molecule has 2 N–H and O–H groups in total. The first-order valence-corrected chi connectivity index (χ1v) is 7.94. The zero-order valence-electron chi connectivity index (χ0n) is 11.8. The van der Waals surface area contributed by atoms with E-state index in [4.69, 9.17) is 0 Å². The smallest absolute Gasteiger partial charge is 0.268 e. The molecule has 5 heteroatoms. The molecule has 1 aromatic carbocycles. The van der Waals surface area contributed by atoms with E-state index < -0.39 is 15.4 Å². The summed E-state index contributed by atoms with van der Waals surface area (Å²) < 4.78 is 32.2. The van der Waals surface area contributed by atoms with Crippen LogP contribution in [-0.2, 0) is 16.5 Å². The average molecular weight is 285 g/mol. The SMILES string of the molecule is CC(C)(C)NCCC(Cc1ccccc1)S(=O)(=O)O. The summed E-state index contributed by atoms with van der Waals surface area (Å²) in [6.45, 7) is 6.62. The molecule has 0 fully saturated rings. The molecule has 0 aliphatic rings. The summed E-state index contributed by atoms with van der Waals surface area (Å²) in [4.78, 5) is 0. The Hall–Kier alpha value is -0.910. The van der Waals surface area contributed by atoms with Gasteiger partial charge in [0, 0.05) is 5.54 Å². The third-order valence-electron chi connectivity index (χ3n) is 2.85. The van der Waals surface area contributed by atoms with E-state index >= 15 is 0 Å². The lowest BCUT2D eigenvalue weighted by Crippen LogP contribution is -2.38. The quantitative estimate of drug-likeness (QED) is 0.787. The van der Waals surface area contributed by atoms with Crippen molar-refractivity contribution in [3.63, 3.8) is 0 Å². The number of hydrogen-bond donors (Lipinski definition) is 2. The van der Waals surface area contributed by atoms with Crippen molar-refractivity contribution in [1.29, 1.82) is 0 Å². The maximum Gasteiger partial charge on any atom is 0.268 e. The van der Waals surface area contributed by atoms with Crippen molar-refractivity contribution in [2.75, 3.05) is 6.54 Å². The molecular formula is C14H23NO3S. The van der Waals surface area contributed by atoms with Crippen molar-refractivity contribution < 1.29 is 13.0 Å². The van der Waals surface area contributed by atoms with Crippen LogP contribution in [0.1, 0.15) is 32.8 Å². The van der Waals surface area contributed by atoms with E-state index in [9.17, 15) is 13.0 Å². The van der Waals surface area contributed by atoms with Crippen molar-refractivity contribution in [2.24, 2.45) is 0 Å². The molecule has 0 bridgehead atoms. The van der Waals surface area contributed by atoms with E-state index in [0.717, 1.165) is 5.56 Å². The first-order chi connectivity index (χ1) is 8.68. The second kappa shape index (κ2) is 6.50. The Bertz CT molecular complexity index is 477. The molecule has 0 aliphatic carbocycles. The van der Waals surface area contributed by atoms with Crippen LogP contribution in [0.3, 0.4) is 0 Å². The second-order valence-corrected chi connectivity index (χ2v) is 7.49. The van der Waals surface area contributed by atoms with Crippen molar-refractivity contribution in [1.82, 2.24) is 5.32 Å². The van der Waals surface area contributed by atoms with Gasteiger partial charge in [0.05, 0.1) is 5.25 Å². The fraction of sp³-hybridized carbons (Fsp3) is 0.571. The number of rotatable bonds is 6. The van der Waals surface area contributed by atoms with Gasteiger partial charge >= 0.3 is 0 Å². The summed E-state index contributed by atoms with van der Waals surface area (Å²) in [5, 5.41) is 2.48. The molecule has 1 rings (SSSR count). The van der Waals surface area contributed by atoms with Gasteiger partial charge in [-0.1, -0.05) is 30.3 Å².